The first-order valence-corrected chi connectivity index (χ1v) is 9.44. The Kier molecular flexibility index (Phi) is 5.23. The molecule has 138 valence electrons. The van der Waals surface area contributed by atoms with Crippen LogP contribution in [0, 0.1) is 0 Å². The average molecular weight is 391 g/mol. The van der Waals surface area contributed by atoms with Crippen molar-refractivity contribution < 1.29 is 4.74 Å². The molecule has 0 aromatic heterocycles. The summed E-state index contributed by atoms with van der Waals surface area (Å²) in [7, 11) is 3.83. The maximum absolute atomic E-state index is 6.24. The lowest BCUT2D eigenvalue weighted by atomic mass is 9.80. The zero-order valence-corrected chi connectivity index (χ0v) is 17.3. The first-order valence-electron chi connectivity index (χ1n) is 8.68. The Hall–Kier alpha value is -1.71. The molecule has 1 aliphatic rings. The minimum absolute atomic E-state index is 0.112. The highest BCUT2D eigenvalue weighted by atomic mass is 35.5. The quantitative estimate of drug-likeness (QED) is 0.560. The van der Waals surface area contributed by atoms with Crippen molar-refractivity contribution in [2.24, 2.45) is 4.99 Å². The third-order valence-corrected chi connectivity index (χ3v) is 6.07. The van der Waals surface area contributed by atoms with E-state index in [2.05, 4.69) is 49.8 Å². The molecule has 0 fully saturated rings. The van der Waals surface area contributed by atoms with Crippen LogP contribution in [0.25, 0.3) is 0 Å². The number of nitrogens with zero attached hydrogens (tertiary/aromatic N) is 2. The van der Waals surface area contributed by atoms with Gasteiger partial charge in [-0.1, -0.05) is 36.2 Å². The van der Waals surface area contributed by atoms with Crippen LogP contribution in [0.15, 0.2) is 35.3 Å². The molecule has 0 bridgehead atoms. The van der Waals surface area contributed by atoms with Crippen LogP contribution >= 0.6 is 23.2 Å². The smallest absolute Gasteiger partial charge is 0.129 e. The predicted octanol–water partition coefficient (Wildman–Crippen LogP) is 6.47. The van der Waals surface area contributed by atoms with E-state index < -0.39 is 0 Å². The first-order chi connectivity index (χ1) is 12.2. The van der Waals surface area contributed by atoms with Crippen LogP contribution in [-0.2, 0) is 0 Å². The van der Waals surface area contributed by atoms with E-state index >= 15 is 0 Å². The van der Waals surface area contributed by atoms with E-state index in [1.807, 2.05) is 12.1 Å². The predicted molar refractivity (Wildman–Crippen MR) is 112 cm³/mol. The van der Waals surface area contributed by atoms with Gasteiger partial charge in [-0.3, -0.25) is 4.99 Å². The van der Waals surface area contributed by atoms with Gasteiger partial charge in [0.05, 0.1) is 22.8 Å². The summed E-state index contributed by atoms with van der Waals surface area (Å²) in [6, 6.07) is 9.71. The van der Waals surface area contributed by atoms with Crippen molar-refractivity contribution in [2.75, 3.05) is 19.1 Å². The van der Waals surface area contributed by atoms with Gasteiger partial charge in [0.1, 0.15) is 5.75 Å². The van der Waals surface area contributed by atoms with E-state index in [0.29, 0.717) is 21.7 Å². The molecule has 3 nitrogen and oxygen atoms in total. The maximum Gasteiger partial charge on any atom is 0.129 e. The van der Waals surface area contributed by atoms with E-state index in [4.69, 9.17) is 27.9 Å². The van der Waals surface area contributed by atoms with Crippen molar-refractivity contribution in [1.29, 1.82) is 0 Å². The third kappa shape index (κ3) is 3.43. The summed E-state index contributed by atoms with van der Waals surface area (Å²) in [4.78, 5) is 6.87. The molecule has 2 aromatic carbocycles. The van der Waals surface area contributed by atoms with Gasteiger partial charge in [-0.2, -0.15) is 0 Å². The number of fused-ring (bicyclic) bond motifs is 1. The van der Waals surface area contributed by atoms with Gasteiger partial charge in [0.25, 0.3) is 0 Å². The lowest BCUT2D eigenvalue weighted by molar-refractivity contribution is 0.389. The fourth-order valence-electron chi connectivity index (χ4n) is 3.62. The molecule has 1 atom stereocenters. The molecule has 2 aromatic rings. The van der Waals surface area contributed by atoms with Crippen molar-refractivity contribution >= 4 is 40.8 Å². The number of methoxy groups -OCH3 is 1. The fraction of sp³-hybridized carbons (Fsp3) is 0.381. The maximum atomic E-state index is 6.24. The second-order valence-electron chi connectivity index (χ2n) is 7.46. The van der Waals surface area contributed by atoms with Crippen LogP contribution < -0.4 is 9.64 Å². The van der Waals surface area contributed by atoms with Gasteiger partial charge < -0.3 is 9.64 Å². The molecular formula is C21H24Cl2N2O. The standard InChI is InChI=1S/C21H24Cl2N2O/c1-13-11-21(2,3)25(4)18-10-19(26-5)14(9-15(13)18)12-24-17-8-6-7-16(22)20(17)23/h6-10,12-13H,11H2,1-5H3. The van der Waals surface area contributed by atoms with Crippen molar-refractivity contribution in [3.05, 3.63) is 51.5 Å². The number of hydrogen-bond acceptors (Lipinski definition) is 3. The molecule has 0 saturated heterocycles. The van der Waals surface area contributed by atoms with Crippen LogP contribution in [0.1, 0.15) is 44.2 Å². The Balaban J connectivity index is 2.05. The summed E-state index contributed by atoms with van der Waals surface area (Å²) < 4.78 is 5.63. The van der Waals surface area contributed by atoms with Gasteiger partial charge in [0.15, 0.2) is 0 Å². The number of anilines is 1. The summed E-state index contributed by atoms with van der Waals surface area (Å²) >= 11 is 12.3. The Bertz CT molecular complexity index is 861. The molecule has 26 heavy (non-hydrogen) atoms. The van der Waals surface area contributed by atoms with Crippen molar-refractivity contribution in [2.45, 2.75) is 38.6 Å². The summed E-state index contributed by atoms with van der Waals surface area (Å²) in [5.41, 5.74) is 4.21. The SMILES string of the molecule is COc1cc2c(cc1C=Nc1cccc(Cl)c1Cl)C(C)CC(C)(C)N2C. The Morgan fingerprint density at radius 3 is 2.69 bits per heavy atom. The van der Waals surface area contributed by atoms with E-state index in [1.54, 1.807) is 19.4 Å². The van der Waals surface area contributed by atoms with Crippen LogP contribution in [0.3, 0.4) is 0 Å². The first kappa shape index (κ1) is 19.1. The Labute approximate surface area is 165 Å². The van der Waals surface area contributed by atoms with Gasteiger partial charge in [-0.25, -0.2) is 0 Å². The van der Waals surface area contributed by atoms with Crippen molar-refractivity contribution in [3.63, 3.8) is 0 Å². The number of rotatable bonds is 3. The van der Waals surface area contributed by atoms with Crippen LogP contribution in [0.5, 0.6) is 5.75 Å². The normalized spacial score (nSPS) is 18.9. The fourth-order valence-corrected chi connectivity index (χ4v) is 3.96. The molecule has 5 heteroatoms. The van der Waals surface area contributed by atoms with Gasteiger partial charge in [0.2, 0.25) is 0 Å². The molecular weight excluding hydrogens is 367 g/mol. The van der Waals surface area contributed by atoms with Gasteiger partial charge in [-0.15, -0.1) is 0 Å². The van der Waals surface area contributed by atoms with Crippen LogP contribution in [-0.4, -0.2) is 25.9 Å². The van der Waals surface area contributed by atoms with Gasteiger partial charge in [-0.05, 0) is 49.9 Å². The molecule has 1 aliphatic heterocycles. The molecule has 0 N–H and O–H groups in total. The molecule has 0 spiro atoms. The number of aliphatic imine (C=N–C) groups is 1. The second kappa shape index (κ2) is 7.13. The van der Waals surface area contributed by atoms with Gasteiger partial charge in [0, 0.05) is 36.1 Å². The molecule has 0 aliphatic carbocycles. The third-order valence-electron chi connectivity index (χ3n) is 5.26. The molecule has 1 unspecified atom stereocenters. The summed E-state index contributed by atoms with van der Waals surface area (Å²) in [6.07, 6.45) is 2.89. The zero-order chi connectivity index (χ0) is 19.1. The Morgan fingerprint density at radius 2 is 2.00 bits per heavy atom. The molecule has 3 rings (SSSR count). The molecule has 1 heterocycles. The topological polar surface area (TPSA) is 24.8 Å². The summed E-state index contributed by atoms with van der Waals surface area (Å²) in [6.45, 7) is 6.82. The molecule has 0 amide bonds. The van der Waals surface area contributed by atoms with E-state index in [1.165, 1.54) is 11.3 Å². The van der Waals surface area contributed by atoms with E-state index in [-0.39, 0.29) is 5.54 Å². The van der Waals surface area contributed by atoms with Crippen LogP contribution in [0.4, 0.5) is 11.4 Å². The van der Waals surface area contributed by atoms with Crippen molar-refractivity contribution in [3.8, 4) is 5.75 Å². The summed E-state index contributed by atoms with van der Waals surface area (Å²) in [5.74, 6) is 1.26. The number of ether oxygens (including phenoxy) is 1. The Morgan fingerprint density at radius 1 is 1.27 bits per heavy atom. The second-order valence-corrected chi connectivity index (χ2v) is 8.25. The summed E-state index contributed by atoms with van der Waals surface area (Å²) in [5, 5.41) is 0.952. The highest BCUT2D eigenvalue weighted by molar-refractivity contribution is 6.43. The minimum Gasteiger partial charge on any atom is -0.496 e. The minimum atomic E-state index is 0.112. The molecule has 0 radical (unpaired) electrons. The largest absolute Gasteiger partial charge is 0.496 e. The lowest BCUT2D eigenvalue weighted by Crippen LogP contribution is -2.45. The average Bonchev–Trinajstić information content (AvgIpc) is 2.60. The molecule has 0 saturated carbocycles. The monoisotopic (exact) mass is 390 g/mol. The van der Waals surface area contributed by atoms with E-state index in [9.17, 15) is 0 Å². The zero-order valence-electron chi connectivity index (χ0n) is 15.8. The van der Waals surface area contributed by atoms with E-state index in [0.717, 1.165) is 17.7 Å². The lowest BCUT2D eigenvalue weighted by Gasteiger charge is -2.45. The number of hydrogen-bond donors (Lipinski definition) is 0. The number of halogens is 2. The highest BCUT2D eigenvalue weighted by Gasteiger charge is 2.34. The highest BCUT2D eigenvalue weighted by Crippen LogP contribution is 2.44. The van der Waals surface area contributed by atoms with Gasteiger partial charge >= 0.3 is 0 Å². The number of benzene rings is 2. The van der Waals surface area contributed by atoms with Crippen molar-refractivity contribution in [1.82, 2.24) is 0 Å². The van der Waals surface area contributed by atoms with Crippen LogP contribution in [0.2, 0.25) is 10.0 Å².